The highest BCUT2D eigenvalue weighted by Crippen LogP contribution is 2.30. The molecule has 0 N–H and O–H groups in total. The summed E-state index contributed by atoms with van der Waals surface area (Å²) in [5, 5.41) is 9.55. The van der Waals surface area contributed by atoms with E-state index in [0.717, 1.165) is 35.9 Å². The Bertz CT molecular complexity index is 1400. The Kier molecular flexibility index (Phi) is 4.95. The lowest BCUT2D eigenvalue weighted by molar-refractivity contribution is 0.0732. The predicted octanol–water partition coefficient (Wildman–Crippen LogP) is 4.05. The van der Waals surface area contributed by atoms with E-state index >= 15 is 8.78 Å². The van der Waals surface area contributed by atoms with E-state index in [1.807, 2.05) is 25.4 Å². The van der Waals surface area contributed by atoms with Crippen LogP contribution in [0.5, 0.6) is 0 Å². The summed E-state index contributed by atoms with van der Waals surface area (Å²) in [6.45, 7) is 1.36. The quantitative estimate of drug-likeness (QED) is 0.448. The van der Waals surface area contributed by atoms with E-state index in [-0.39, 0.29) is 30.7 Å². The molecule has 1 atom stereocenters. The van der Waals surface area contributed by atoms with Gasteiger partial charge in [0.2, 0.25) is 0 Å². The van der Waals surface area contributed by atoms with Gasteiger partial charge in [-0.2, -0.15) is 10.2 Å². The molecule has 0 bridgehead atoms. The molecule has 174 valence electrons. The van der Waals surface area contributed by atoms with Crippen molar-refractivity contribution in [1.82, 2.24) is 24.5 Å². The topological polar surface area (TPSA) is 65.2 Å². The molecular weight excluding hydrogens is 440 g/mol. The van der Waals surface area contributed by atoms with E-state index in [9.17, 15) is 4.79 Å². The molecule has 34 heavy (non-hydrogen) atoms. The van der Waals surface area contributed by atoms with E-state index in [1.165, 1.54) is 17.0 Å². The molecule has 0 aliphatic carbocycles. The number of carbonyl (C=O) groups excluding carboxylic acids is 1. The number of hydrogen-bond donors (Lipinski definition) is 0. The Balaban J connectivity index is 1.24. The summed E-state index contributed by atoms with van der Waals surface area (Å²) in [6, 6.07) is 8.13. The second-order valence-electron chi connectivity index (χ2n) is 8.99. The molecular formula is C25H23F2N5O2. The molecule has 1 unspecified atom stereocenters. The summed E-state index contributed by atoms with van der Waals surface area (Å²) in [6.07, 6.45) is 5.49. The molecule has 1 fully saturated rings. The molecule has 9 heteroatoms. The first-order valence-electron chi connectivity index (χ1n) is 11.3. The molecule has 7 nitrogen and oxygen atoms in total. The number of aromatic nitrogens is 4. The van der Waals surface area contributed by atoms with E-state index < -0.39 is 11.6 Å². The van der Waals surface area contributed by atoms with Crippen LogP contribution in [-0.4, -0.2) is 43.1 Å². The van der Waals surface area contributed by atoms with Crippen LogP contribution in [0.3, 0.4) is 0 Å². The highest BCUT2D eigenvalue weighted by molar-refractivity contribution is 5.96. The third-order valence-corrected chi connectivity index (χ3v) is 6.61. The van der Waals surface area contributed by atoms with Crippen molar-refractivity contribution < 1.29 is 18.3 Å². The molecule has 0 spiro atoms. The van der Waals surface area contributed by atoms with Crippen molar-refractivity contribution in [2.75, 3.05) is 6.61 Å². The van der Waals surface area contributed by atoms with Crippen molar-refractivity contribution in [2.45, 2.75) is 38.6 Å². The van der Waals surface area contributed by atoms with Crippen molar-refractivity contribution in [3.05, 3.63) is 71.2 Å². The lowest BCUT2D eigenvalue weighted by Crippen LogP contribution is -2.28. The maximum absolute atomic E-state index is 15.1. The van der Waals surface area contributed by atoms with E-state index in [1.54, 1.807) is 21.6 Å². The van der Waals surface area contributed by atoms with Gasteiger partial charge in [0.05, 0.1) is 37.5 Å². The summed E-state index contributed by atoms with van der Waals surface area (Å²) in [5.41, 5.74) is 3.08. The number of ether oxygens (including phenoxy) is 1. The van der Waals surface area contributed by atoms with Crippen LogP contribution in [0.4, 0.5) is 8.78 Å². The lowest BCUT2D eigenvalue weighted by Gasteiger charge is -2.18. The van der Waals surface area contributed by atoms with Crippen LogP contribution in [0.25, 0.3) is 22.0 Å². The van der Waals surface area contributed by atoms with Gasteiger partial charge in [0.1, 0.15) is 17.3 Å². The van der Waals surface area contributed by atoms with Gasteiger partial charge >= 0.3 is 0 Å². The van der Waals surface area contributed by atoms with Crippen LogP contribution in [-0.2, 0) is 31.4 Å². The Morgan fingerprint density at radius 3 is 2.74 bits per heavy atom. The number of amides is 1. The lowest BCUT2D eigenvalue weighted by atomic mass is 10.0. The normalized spacial score (nSPS) is 17.8. The standard InChI is InChI=1S/C25H23F2N5O2/c1-30-11-17-7-15(4-5-23(17)29-30)16-8-21(26)20(22(27)9-16)14-31-12-18-10-28-32(24(18)25(31)33)13-19-3-2-6-34-19/h4-5,7-11,19H,2-3,6,12-14H2,1H3. The number of halogens is 2. The molecule has 4 aromatic rings. The number of hydrogen-bond acceptors (Lipinski definition) is 4. The third kappa shape index (κ3) is 3.56. The fraction of sp³-hybridized carbons (Fsp3) is 0.320. The maximum atomic E-state index is 15.1. The van der Waals surface area contributed by atoms with Crippen LogP contribution in [0, 0.1) is 11.6 Å². The summed E-state index contributed by atoms with van der Waals surface area (Å²) in [7, 11) is 1.83. The molecule has 1 amide bonds. The van der Waals surface area contributed by atoms with E-state index in [4.69, 9.17) is 4.74 Å². The Morgan fingerprint density at radius 2 is 1.97 bits per heavy atom. The highest BCUT2D eigenvalue weighted by Gasteiger charge is 2.34. The molecule has 1 saturated heterocycles. The van der Waals surface area contributed by atoms with Crippen molar-refractivity contribution in [3.8, 4) is 11.1 Å². The SMILES string of the molecule is Cn1cc2cc(-c3cc(F)c(CN4Cc5cnn(CC6CCCO6)c5C4=O)c(F)c3)ccc2n1. The average Bonchev–Trinajstić information content (AvgIpc) is 3.58. The van der Waals surface area contributed by atoms with Crippen LogP contribution < -0.4 is 0 Å². The highest BCUT2D eigenvalue weighted by atomic mass is 19.1. The molecule has 2 aliphatic heterocycles. The second kappa shape index (κ2) is 8.02. The molecule has 6 rings (SSSR count). The summed E-state index contributed by atoms with van der Waals surface area (Å²) >= 11 is 0. The minimum absolute atomic E-state index is 0.0409. The van der Waals surface area contributed by atoms with E-state index in [2.05, 4.69) is 10.2 Å². The van der Waals surface area contributed by atoms with E-state index in [0.29, 0.717) is 23.4 Å². The molecule has 2 aliphatic rings. The molecule has 0 radical (unpaired) electrons. The summed E-state index contributed by atoms with van der Waals surface area (Å²) in [5.74, 6) is -1.62. The first kappa shape index (κ1) is 21.0. The second-order valence-corrected chi connectivity index (χ2v) is 8.99. The minimum atomic E-state index is -0.675. The Hall–Kier alpha value is -3.59. The molecule has 0 saturated carbocycles. The zero-order valence-corrected chi connectivity index (χ0v) is 18.7. The largest absolute Gasteiger partial charge is 0.376 e. The zero-order chi connectivity index (χ0) is 23.4. The molecule has 2 aromatic heterocycles. The average molecular weight is 463 g/mol. The van der Waals surface area contributed by atoms with Gasteiger partial charge in [-0.25, -0.2) is 8.78 Å². The Labute approximate surface area is 194 Å². The van der Waals surface area contributed by atoms with Gasteiger partial charge in [0.15, 0.2) is 0 Å². The van der Waals surface area contributed by atoms with Gasteiger partial charge in [-0.3, -0.25) is 14.2 Å². The smallest absolute Gasteiger partial charge is 0.273 e. The van der Waals surface area contributed by atoms with Crippen LogP contribution in [0.15, 0.2) is 42.7 Å². The third-order valence-electron chi connectivity index (χ3n) is 6.61. The summed E-state index contributed by atoms with van der Waals surface area (Å²) < 4.78 is 39.2. The monoisotopic (exact) mass is 463 g/mol. The van der Waals surface area contributed by atoms with Crippen molar-refractivity contribution in [2.24, 2.45) is 7.05 Å². The number of rotatable bonds is 5. The van der Waals surface area contributed by atoms with Gasteiger partial charge in [-0.1, -0.05) is 6.07 Å². The number of fused-ring (bicyclic) bond motifs is 2. The molecule has 4 heterocycles. The van der Waals surface area contributed by atoms with Crippen molar-refractivity contribution in [3.63, 3.8) is 0 Å². The van der Waals surface area contributed by atoms with Crippen LogP contribution >= 0.6 is 0 Å². The van der Waals surface area contributed by atoms with Gasteiger partial charge < -0.3 is 9.64 Å². The maximum Gasteiger partial charge on any atom is 0.273 e. The number of nitrogens with zero attached hydrogens (tertiary/aromatic N) is 5. The molecule has 2 aromatic carbocycles. The fourth-order valence-electron chi connectivity index (χ4n) is 4.90. The number of aryl methyl sites for hydroxylation is 1. The fourth-order valence-corrected chi connectivity index (χ4v) is 4.90. The first-order valence-corrected chi connectivity index (χ1v) is 11.3. The Morgan fingerprint density at radius 1 is 1.15 bits per heavy atom. The van der Waals surface area contributed by atoms with Crippen LogP contribution in [0.2, 0.25) is 0 Å². The van der Waals surface area contributed by atoms with Crippen LogP contribution in [0.1, 0.15) is 34.5 Å². The zero-order valence-electron chi connectivity index (χ0n) is 18.7. The first-order chi connectivity index (χ1) is 16.5. The van der Waals surface area contributed by atoms with Crippen molar-refractivity contribution in [1.29, 1.82) is 0 Å². The van der Waals surface area contributed by atoms with Gasteiger partial charge in [0, 0.05) is 36.4 Å². The van der Waals surface area contributed by atoms with Gasteiger partial charge in [-0.05, 0) is 48.2 Å². The van der Waals surface area contributed by atoms with Crippen molar-refractivity contribution >= 4 is 16.8 Å². The number of benzene rings is 2. The van der Waals surface area contributed by atoms with Gasteiger partial charge in [0.25, 0.3) is 5.91 Å². The minimum Gasteiger partial charge on any atom is -0.376 e. The predicted molar refractivity (Wildman–Crippen MR) is 121 cm³/mol. The summed E-state index contributed by atoms with van der Waals surface area (Å²) in [4.78, 5) is 14.5. The number of carbonyl (C=O) groups is 1. The van der Waals surface area contributed by atoms with Gasteiger partial charge in [-0.15, -0.1) is 0 Å².